The fourth-order valence-electron chi connectivity index (χ4n) is 2.57. The van der Waals surface area contributed by atoms with Crippen molar-refractivity contribution in [2.45, 2.75) is 32.7 Å². The smallest absolute Gasteiger partial charge is 0.191 e. The Balaban J connectivity index is 2.36. The Kier molecular flexibility index (Phi) is 13.4. The molecule has 0 fully saturated rings. The van der Waals surface area contributed by atoms with Gasteiger partial charge < -0.3 is 25.0 Å². The van der Waals surface area contributed by atoms with E-state index in [2.05, 4.69) is 67.7 Å². The Bertz CT molecular complexity index is 494. The maximum Gasteiger partial charge on any atom is 0.191 e. The minimum Gasteiger partial charge on any atom is -0.379 e. The first-order valence-corrected chi connectivity index (χ1v) is 10.1. The molecule has 0 radical (unpaired) electrons. The van der Waals surface area contributed by atoms with E-state index in [-0.39, 0.29) is 6.04 Å². The lowest BCUT2D eigenvalue weighted by molar-refractivity contribution is 0.0487. The van der Waals surface area contributed by atoms with Gasteiger partial charge in [-0.05, 0) is 33.0 Å². The highest BCUT2D eigenvalue weighted by atomic mass is 16.5. The third-order valence-electron chi connectivity index (χ3n) is 4.13. The van der Waals surface area contributed by atoms with E-state index in [9.17, 15) is 0 Å². The van der Waals surface area contributed by atoms with E-state index in [1.807, 2.05) is 6.07 Å². The number of likely N-dealkylation sites (N-methyl/N-ethyl adjacent to an activating group) is 1. The third kappa shape index (κ3) is 11.0. The van der Waals surface area contributed by atoms with Crippen molar-refractivity contribution in [1.82, 2.24) is 15.5 Å². The van der Waals surface area contributed by atoms with Crippen molar-refractivity contribution < 1.29 is 9.47 Å². The largest absolute Gasteiger partial charge is 0.379 e. The van der Waals surface area contributed by atoms with Crippen LogP contribution in [0.2, 0.25) is 0 Å². The average molecular weight is 379 g/mol. The molecule has 0 saturated heterocycles. The van der Waals surface area contributed by atoms with Crippen LogP contribution in [0.5, 0.6) is 0 Å². The van der Waals surface area contributed by atoms with Gasteiger partial charge in [0.15, 0.2) is 5.96 Å². The number of aliphatic imine (C=N–C) groups is 1. The molecular weight excluding hydrogens is 340 g/mol. The van der Waals surface area contributed by atoms with Gasteiger partial charge >= 0.3 is 0 Å². The molecule has 1 aromatic carbocycles. The summed E-state index contributed by atoms with van der Waals surface area (Å²) in [5, 5.41) is 6.63. The topological polar surface area (TPSA) is 58.1 Å². The van der Waals surface area contributed by atoms with Crippen molar-refractivity contribution in [3.05, 3.63) is 35.9 Å². The SMILES string of the molecule is CCCCOCCOCCNC(=NCC(c1ccccc1)N(C)C)NCC. The predicted molar refractivity (Wildman–Crippen MR) is 113 cm³/mol. The van der Waals surface area contributed by atoms with Gasteiger partial charge in [-0.2, -0.15) is 0 Å². The Morgan fingerprint density at radius 3 is 2.33 bits per heavy atom. The van der Waals surface area contributed by atoms with E-state index in [0.29, 0.717) is 26.4 Å². The summed E-state index contributed by atoms with van der Waals surface area (Å²) < 4.78 is 11.1. The molecule has 6 nitrogen and oxygen atoms in total. The van der Waals surface area contributed by atoms with Crippen LogP contribution in [0.25, 0.3) is 0 Å². The summed E-state index contributed by atoms with van der Waals surface area (Å²) in [7, 11) is 4.17. The van der Waals surface area contributed by atoms with E-state index < -0.39 is 0 Å². The number of hydrogen-bond acceptors (Lipinski definition) is 4. The molecule has 2 N–H and O–H groups in total. The number of benzene rings is 1. The molecule has 6 heteroatoms. The summed E-state index contributed by atoms with van der Waals surface area (Å²) in [6.07, 6.45) is 2.28. The quantitative estimate of drug-likeness (QED) is 0.296. The van der Waals surface area contributed by atoms with Crippen molar-refractivity contribution >= 4 is 5.96 Å². The van der Waals surface area contributed by atoms with Crippen molar-refractivity contribution in [3.63, 3.8) is 0 Å². The van der Waals surface area contributed by atoms with E-state index in [1.54, 1.807) is 0 Å². The molecule has 0 heterocycles. The van der Waals surface area contributed by atoms with E-state index in [1.165, 1.54) is 5.56 Å². The van der Waals surface area contributed by atoms with Gasteiger partial charge in [-0.25, -0.2) is 0 Å². The minimum atomic E-state index is 0.248. The molecule has 0 bridgehead atoms. The molecule has 0 amide bonds. The van der Waals surface area contributed by atoms with E-state index >= 15 is 0 Å². The maximum absolute atomic E-state index is 5.60. The highest BCUT2D eigenvalue weighted by Crippen LogP contribution is 2.17. The van der Waals surface area contributed by atoms with Gasteiger partial charge in [-0.15, -0.1) is 0 Å². The zero-order chi connectivity index (χ0) is 19.7. The molecule has 0 aliphatic rings. The number of rotatable bonds is 14. The number of nitrogens with zero attached hydrogens (tertiary/aromatic N) is 2. The van der Waals surface area contributed by atoms with E-state index in [4.69, 9.17) is 14.5 Å². The number of guanidine groups is 1. The number of hydrogen-bond donors (Lipinski definition) is 2. The fraction of sp³-hybridized carbons (Fsp3) is 0.667. The Hall–Kier alpha value is -1.63. The summed E-state index contributed by atoms with van der Waals surface area (Å²) in [6, 6.07) is 10.7. The summed E-state index contributed by atoms with van der Waals surface area (Å²) in [5.74, 6) is 0.822. The first-order valence-electron chi connectivity index (χ1n) is 10.1. The lowest BCUT2D eigenvalue weighted by atomic mass is 10.1. The van der Waals surface area contributed by atoms with Crippen molar-refractivity contribution in [2.24, 2.45) is 4.99 Å². The molecule has 0 saturated carbocycles. The molecule has 27 heavy (non-hydrogen) atoms. The monoisotopic (exact) mass is 378 g/mol. The summed E-state index contributed by atoms with van der Waals surface area (Å²) in [4.78, 5) is 6.95. The van der Waals surface area contributed by atoms with Gasteiger partial charge in [0.25, 0.3) is 0 Å². The second kappa shape index (κ2) is 15.4. The second-order valence-corrected chi connectivity index (χ2v) is 6.61. The normalized spacial score (nSPS) is 13.0. The summed E-state index contributed by atoms with van der Waals surface area (Å²) in [6.45, 7) is 9.23. The summed E-state index contributed by atoms with van der Waals surface area (Å²) in [5.41, 5.74) is 1.27. The van der Waals surface area contributed by atoms with Gasteiger partial charge in [-0.1, -0.05) is 43.7 Å². The standard InChI is InChI=1S/C21H38N4O2/c1-5-7-14-26-16-17-27-15-13-23-21(22-6-2)24-18-20(25(3)4)19-11-9-8-10-12-19/h8-12,20H,5-7,13-18H2,1-4H3,(H2,22,23,24). The highest BCUT2D eigenvalue weighted by molar-refractivity contribution is 5.79. The van der Waals surface area contributed by atoms with Crippen molar-refractivity contribution in [2.75, 3.05) is 60.2 Å². The summed E-state index contributed by atoms with van der Waals surface area (Å²) >= 11 is 0. The molecule has 1 aromatic rings. The molecular formula is C21H38N4O2. The second-order valence-electron chi connectivity index (χ2n) is 6.61. The molecule has 0 aromatic heterocycles. The first kappa shape index (κ1) is 23.4. The average Bonchev–Trinajstić information content (AvgIpc) is 2.67. The van der Waals surface area contributed by atoms with Gasteiger partial charge in [0.1, 0.15) is 0 Å². The van der Waals surface area contributed by atoms with Gasteiger partial charge in [0.05, 0.1) is 32.4 Å². The van der Waals surface area contributed by atoms with Crippen LogP contribution in [-0.4, -0.2) is 71.0 Å². The molecule has 1 atom stereocenters. The van der Waals surface area contributed by atoms with Crippen LogP contribution >= 0.6 is 0 Å². The Morgan fingerprint density at radius 2 is 1.70 bits per heavy atom. The lowest BCUT2D eigenvalue weighted by Crippen LogP contribution is -2.39. The van der Waals surface area contributed by atoms with Crippen molar-refractivity contribution in [3.8, 4) is 0 Å². The third-order valence-corrected chi connectivity index (χ3v) is 4.13. The van der Waals surface area contributed by atoms with Crippen LogP contribution in [0.15, 0.2) is 35.3 Å². The molecule has 0 aliphatic heterocycles. The number of unbranched alkanes of at least 4 members (excludes halogenated alkanes) is 1. The number of ether oxygens (including phenoxy) is 2. The molecule has 1 unspecified atom stereocenters. The Labute approximate surface area is 165 Å². The fourth-order valence-corrected chi connectivity index (χ4v) is 2.57. The van der Waals surface area contributed by atoms with Crippen LogP contribution < -0.4 is 10.6 Å². The number of nitrogens with one attached hydrogen (secondary N) is 2. The van der Waals surface area contributed by atoms with Gasteiger partial charge in [0.2, 0.25) is 0 Å². The van der Waals surface area contributed by atoms with Crippen LogP contribution in [-0.2, 0) is 9.47 Å². The zero-order valence-corrected chi connectivity index (χ0v) is 17.5. The van der Waals surface area contributed by atoms with Crippen molar-refractivity contribution in [1.29, 1.82) is 0 Å². The van der Waals surface area contributed by atoms with Crippen LogP contribution in [0.1, 0.15) is 38.3 Å². The first-order chi connectivity index (χ1) is 13.2. The lowest BCUT2D eigenvalue weighted by Gasteiger charge is -2.23. The Morgan fingerprint density at radius 1 is 1.00 bits per heavy atom. The molecule has 154 valence electrons. The zero-order valence-electron chi connectivity index (χ0n) is 17.5. The van der Waals surface area contributed by atoms with Crippen LogP contribution in [0.4, 0.5) is 0 Å². The van der Waals surface area contributed by atoms with Gasteiger partial charge in [-0.3, -0.25) is 4.99 Å². The van der Waals surface area contributed by atoms with Crippen LogP contribution in [0, 0.1) is 0 Å². The molecule has 0 aliphatic carbocycles. The van der Waals surface area contributed by atoms with Crippen LogP contribution in [0.3, 0.4) is 0 Å². The molecule has 1 rings (SSSR count). The predicted octanol–water partition coefficient (Wildman–Crippen LogP) is 2.68. The maximum atomic E-state index is 5.60. The van der Waals surface area contributed by atoms with Gasteiger partial charge in [0, 0.05) is 19.7 Å². The molecule has 0 spiro atoms. The minimum absolute atomic E-state index is 0.248. The van der Waals surface area contributed by atoms with E-state index in [0.717, 1.165) is 38.5 Å². The highest BCUT2D eigenvalue weighted by Gasteiger charge is 2.13.